The molecule has 0 aliphatic carbocycles. The van der Waals surface area contributed by atoms with Crippen molar-refractivity contribution in [2.45, 2.75) is 32.8 Å². The summed E-state index contributed by atoms with van der Waals surface area (Å²) in [6, 6.07) is 0. The van der Waals surface area contributed by atoms with Gasteiger partial charge in [0, 0.05) is 6.42 Å². The molecule has 1 unspecified atom stereocenters. The molecule has 0 bridgehead atoms. The minimum absolute atomic E-state index is 0.223. The molecule has 0 aliphatic rings. The van der Waals surface area contributed by atoms with E-state index < -0.39 is 12.1 Å². The summed E-state index contributed by atoms with van der Waals surface area (Å²) in [7, 11) is 0. The molecule has 0 rings (SSSR count). The molecule has 0 radical (unpaired) electrons. The number of hydrogen-bond acceptors (Lipinski definition) is 3. The van der Waals surface area contributed by atoms with Gasteiger partial charge in [0.25, 0.3) is 0 Å². The van der Waals surface area contributed by atoms with Crippen molar-refractivity contribution in [2.24, 2.45) is 5.92 Å². The number of aliphatic hydroxyl groups is 1. The Morgan fingerprint density at radius 3 is 2.43 bits per heavy atom. The van der Waals surface area contributed by atoms with Crippen molar-refractivity contribution in [3.8, 4) is 0 Å². The highest BCUT2D eigenvalue weighted by molar-refractivity contribution is 5.78. The van der Waals surface area contributed by atoms with Crippen molar-refractivity contribution >= 4 is 11.9 Å². The van der Waals surface area contributed by atoms with Gasteiger partial charge in [-0.1, -0.05) is 20.3 Å². The lowest BCUT2D eigenvalue weighted by molar-refractivity contribution is -0.146. The zero-order chi connectivity index (χ0) is 11.1. The lowest BCUT2D eigenvalue weighted by atomic mass is 10.1. The number of carbonyl (C=O) groups is 2. The van der Waals surface area contributed by atoms with Crippen LogP contribution in [-0.4, -0.2) is 34.7 Å². The molecule has 0 aliphatic heterocycles. The van der Waals surface area contributed by atoms with Gasteiger partial charge in [0.1, 0.15) is 0 Å². The monoisotopic (exact) mass is 203 g/mol. The van der Waals surface area contributed by atoms with Crippen molar-refractivity contribution in [3.63, 3.8) is 0 Å². The van der Waals surface area contributed by atoms with E-state index in [9.17, 15) is 9.59 Å². The Morgan fingerprint density at radius 2 is 2.00 bits per heavy atom. The summed E-state index contributed by atoms with van der Waals surface area (Å²) in [6.07, 6.45) is -0.256. The molecule has 0 heterocycles. The maximum Gasteiger partial charge on any atom is 0.334 e. The highest BCUT2D eigenvalue weighted by Gasteiger charge is 2.14. The van der Waals surface area contributed by atoms with Gasteiger partial charge in [-0.3, -0.25) is 4.79 Å². The Morgan fingerprint density at radius 1 is 1.43 bits per heavy atom. The Kier molecular flexibility index (Phi) is 5.87. The van der Waals surface area contributed by atoms with Crippen molar-refractivity contribution in [1.82, 2.24) is 5.32 Å². The van der Waals surface area contributed by atoms with Crippen LogP contribution in [0.1, 0.15) is 26.7 Å². The molecule has 1 amide bonds. The number of hydrogen-bond donors (Lipinski definition) is 3. The molecule has 0 aromatic rings. The number of rotatable bonds is 6. The van der Waals surface area contributed by atoms with E-state index in [1.54, 1.807) is 0 Å². The molecule has 0 fully saturated rings. The van der Waals surface area contributed by atoms with Crippen LogP contribution < -0.4 is 5.32 Å². The third kappa shape index (κ3) is 5.53. The van der Waals surface area contributed by atoms with Crippen molar-refractivity contribution in [2.75, 3.05) is 6.54 Å². The van der Waals surface area contributed by atoms with Crippen LogP contribution in [0.3, 0.4) is 0 Å². The van der Waals surface area contributed by atoms with E-state index >= 15 is 0 Å². The van der Waals surface area contributed by atoms with Gasteiger partial charge in [-0.25, -0.2) is 4.79 Å². The lowest BCUT2D eigenvalue weighted by Gasteiger charge is -2.10. The van der Waals surface area contributed by atoms with Gasteiger partial charge in [-0.05, 0) is 5.92 Å². The molecule has 14 heavy (non-hydrogen) atoms. The van der Waals surface area contributed by atoms with Crippen molar-refractivity contribution < 1.29 is 19.8 Å². The standard InChI is InChI=1S/C9H17NO4/c1-3-6(2)4-8(12)10-5-7(11)9(13)14/h6-7,11H,3-5H2,1-2H3,(H,10,12)(H,13,14)/t6?,7-/m0/s1. The highest BCUT2D eigenvalue weighted by atomic mass is 16.4. The quantitative estimate of drug-likeness (QED) is 0.566. The van der Waals surface area contributed by atoms with Gasteiger partial charge < -0.3 is 15.5 Å². The molecular formula is C9H17NO4. The van der Waals surface area contributed by atoms with Gasteiger partial charge >= 0.3 is 5.97 Å². The molecule has 0 spiro atoms. The van der Waals surface area contributed by atoms with E-state index in [2.05, 4.69) is 5.32 Å². The van der Waals surface area contributed by atoms with E-state index in [0.717, 1.165) is 6.42 Å². The third-order valence-electron chi connectivity index (χ3n) is 2.01. The predicted octanol–water partition coefficient (Wildman–Crippen LogP) is -0.0157. The number of aliphatic hydroxyl groups excluding tert-OH is 1. The fourth-order valence-corrected chi connectivity index (χ4v) is 0.831. The smallest absolute Gasteiger partial charge is 0.334 e. The molecule has 82 valence electrons. The summed E-state index contributed by atoms with van der Waals surface area (Å²) in [4.78, 5) is 21.3. The van der Waals surface area contributed by atoms with Crippen LogP contribution >= 0.6 is 0 Å². The van der Waals surface area contributed by atoms with Crippen LogP contribution in [0.25, 0.3) is 0 Å². The van der Waals surface area contributed by atoms with Gasteiger partial charge in [-0.15, -0.1) is 0 Å². The molecule has 0 saturated heterocycles. The largest absolute Gasteiger partial charge is 0.479 e. The van der Waals surface area contributed by atoms with E-state index in [0.29, 0.717) is 6.42 Å². The SMILES string of the molecule is CCC(C)CC(=O)NC[C@H](O)C(=O)O. The Hall–Kier alpha value is -1.10. The van der Waals surface area contributed by atoms with Gasteiger partial charge in [-0.2, -0.15) is 0 Å². The van der Waals surface area contributed by atoms with E-state index in [1.165, 1.54) is 0 Å². The number of nitrogens with one attached hydrogen (secondary N) is 1. The average Bonchev–Trinajstić information content (AvgIpc) is 2.13. The molecule has 0 saturated carbocycles. The molecule has 2 atom stereocenters. The maximum absolute atomic E-state index is 11.1. The number of carbonyl (C=O) groups excluding carboxylic acids is 1. The van der Waals surface area contributed by atoms with E-state index in [1.807, 2.05) is 13.8 Å². The first-order valence-corrected chi connectivity index (χ1v) is 4.65. The molecular weight excluding hydrogens is 186 g/mol. The van der Waals surface area contributed by atoms with Gasteiger partial charge in [0.2, 0.25) is 5.91 Å². The van der Waals surface area contributed by atoms with Gasteiger partial charge in [0.15, 0.2) is 6.10 Å². The maximum atomic E-state index is 11.1. The lowest BCUT2D eigenvalue weighted by Crippen LogP contribution is -2.36. The fraction of sp³-hybridized carbons (Fsp3) is 0.778. The Labute approximate surface area is 83.1 Å². The first-order valence-electron chi connectivity index (χ1n) is 4.65. The van der Waals surface area contributed by atoms with Crippen LogP contribution in [0, 0.1) is 5.92 Å². The second-order valence-corrected chi connectivity index (χ2v) is 3.38. The second-order valence-electron chi connectivity index (χ2n) is 3.38. The molecule has 0 aromatic heterocycles. The Balaban J connectivity index is 3.69. The first-order chi connectivity index (χ1) is 6.47. The zero-order valence-corrected chi connectivity index (χ0v) is 8.49. The average molecular weight is 203 g/mol. The highest BCUT2D eigenvalue weighted by Crippen LogP contribution is 2.05. The van der Waals surface area contributed by atoms with Crippen LogP contribution in [0.15, 0.2) is 0 Å². The van der Waals surface area contributed by atoms with Crippen LogP contribution in [0.4, 0.5) is 0 Å². The summed E-state index contributed by atoms with van der Waals surface area (Å²) in [5.41, 5.74) is 0. The molecule has 5 heteroatoms. The normalized spacial score (nSPS) is 14.5. The number of carboxylic acids is 1. The third-order valence-corrected chi connectivity index (χ3v) is 2.01. The minimum atomic E-state index is -1.52. The minimum Gasteiger partial charge on any atom is -0.479 e. The predicted molar refractivity (Wildman–Crippen MR) is 50.7 cm³/mol. The van der Waals surface area contributed by atoms with Crippen molar-refractivity contribution in [3.05, 3.63) is 0 Å². The summed E-state index contributed by atoms with van der Waals surface area (Å²) in [5.74, 6) is -1.27. The fourth-order valence-electron chi connectivity index (χ4n) is 0.831. The number of aliphatic carboxylic acids is 1. The van der Waals surface area contributed by atoms with Gasteiger partial charge in [0.05, 0.1) is 6.54 Å². The van der Waals surface area contributed by atoms with E-state index in [-0.39, 0.29) is 18.4 Å². The summed E-state index contributed by atoms with van der Waals surface area (Å²) < 4.78 is 0. The van der Waals surface area contributed by atoms with Crippen molar-refractivity contribution in [1.29, 1.82) is 0 Å². The van der Waals surface area contributed by atoms with Crippen LogP contribution in [0.5, 0.6) is 0 Å². The second kappa shape index (κ2) is 6.37. The number of amides is 1. The van der Waals surface area contributed by atoms with Crippen LogP contribution in [-0.2, 0) is 9.59 Å². The molecule has 3 N–H and O–H groups in total. The molecule has 0 aromatic carbocycles. The summed E-state index contributed by atoms with van der Waals surface area (Å²) >= 11 is 0. The first kappa shape index (κ1) is 12.9. The zero-order valence-electron chi connectivity index (χ0n) is 8.49. The summed E-state index contributed by atoms with van der Waals surface area (Å²) in [6.45, 7) is 3.68. The molecule has 5 nitrogen and oxygen atoms in total. The Bertz CT molecular complexity index is 205. The van der Waals surface area contributed by atoms with E-state index in [4.69, 9.17) is 10.2 Å². The topological polar surface area (TPSA) is 86.6 Å². The number of carboxylic acid groups (broad SMARTS) is 1. The van der Waals surface area contributed by atoms with Crippen LogP contribution in [0.2, 0.25) is 0 Å². The summed E-state index contributed by atoms with van der Waals surface area (Å²) in [5, 5.41) is 19.5.